The number of nitrogens with one attached hydrogen (secondary N) is 1. The third kappa shape index (κ3) is 5.59. The summed E-state index contributed by atoms with van der Waals surface area (Å²) in [7, 11) is 0. The van der Waals surface area contributed by atoms with Crippen LogP contribution in [0, 0.1) is 5.92 Å². The Morgan fingerprint density at radius 2 is 1.86 bits per heavy atom. The zero-order chi connectivity index (χ0) is 15.1. The second-order valence-corrected chi connectivity index (χ2v) is 6.88. The molecule has 2 fully saturated rings. The normalized spacial score (nSPS) is 27.3. The first-order chi connectivity index (χ1) is 10.2. The second-order valence-electron chi connectivity index (χ2n) is 6.88. The fourth-order valence-electron chi connectivity index (χ4n) is 3.87. The van der Waals surface area contributed by atoms with Gasteiger partial charge in [0, 0.05) is 12.1 Å². The maximum absolute atomic E-state index is 10.8. The molecule has 4 heteroatoms. The molecule has 4 nitrogen and oxygen atoms in total. The number of rotatable bonds is 8. The lowest BCUT2D eigenvalue weighted by Crippen LogP contribution is -2.53. The lowest BCUT2D eigenvalue weighted by molar-refractivity contribution is -0.139. The maximum Gasteiger partial charge on any atom is 0.317 e. The van der Waals surface area contributed by atoms with E-state index in [9.17, 15) is 4.79 Å². The van der Waals surface area contributed by atoms with Gasteiger partial charge in [0.15, 0.2) is 0 Å². The van der Waals surface area contributed by atoms with Crippen molar-refractivity contribution in [1.29, 1.82) is 0 Å². The van der Waals surface area contributed by atoms with Crippen molar-refractivity contribution >= 4 is 5.97 Å². The van der Waals surface area contributed by atoms with Gasteiger partial charge in [0.25, 0.3) is 0 Å². The molecule has 0 saturated heterocycles. The van der Waals surface area contributed by atoms with Gasteiger partial charge in [0.1, 0.15) is 0 Å². The second kappa shape index (κ2) is 8.74. The van der Waals surface area contributed by atoms with Crippen molar-refractivity contribution < 1.29 is 9.90 Å². The van der Waals surface area contributed by atoms with Gasteiger partial charge in [-0.3, -0.25) is 9.69 Å². The Kier molecular flexibility index (Phi) is 6.97. The van der Waals surface area contributed by atoms with Crippen LogP contribution < -0.4 is 5.32 Å². The lowest BCUT2D eigenvalue weighted by Gasteiger charge is -2.42. The topological polar surface area (TPSA) is 52.6 Å². The van der Waals surface area contributed by atoms with Gasteiger partial charge in [-0.05, 0) is 38.3 Å². The van der Waals surface area contributed by atoms with E-state index in [0.717, 1.165) is 31.8 Å². The largest absolute Gasteiger partial charge is 0.480 e. The van der Waals surface area contributed by atoms with E-state index in [1.807, 2.05) is 0 Å². The first-order valence-corrected chi connectivity index (χ1v) is 8.88. The van der Waals surface area contributed by atoms with Crippen LogP contribution in [0.15, 0.2) is 0 Å². The monoisotopic (exact) mass is 296 g/mol. The van der Waals surface area contributed by atoms with Crippen LogP contribution in [0.2, 0.25) is 0 Å². The van der Waals surface area contributed by atoms with Gasteiger partial charge >= 0.3 is 5.97 Å². The molecule has 0 radical (unpaired) electrons. The van der Waals surface area contributed by atoms with Crippen LogP contribution in [-0.4, -0.2) is 47.7 Å². The van der Waals surface area contributed by atoms with Crippen LogP contribution in [0.25, 0.3) is 0 Å². The van der Waals surface area contributed by atoms with Crippen molar-refractivity contribution in [3.63, 3.8) is 0 Å². The maximum atomic E-state index is 10.8. The lowest BCUT2D eigenvalue weighted by atomic mass is 9.85. The first-order valence-electron chi connectivity index (χ1n) is 8.88. The summed E-state index contributed by atoms with van der Waals surface area (Å²) < 4.78 is 0. The summed E-state index contributed by atoms with van der Waals surface area (Å²) in [5.41, 5.74) is 0. The number of hydrogen-bond donors (Lipinski definition) is 2. The highest BCUT2D eigenvalue weighted by Gasteiger charge is 2.33. The minimum absolute atomic E-state index is 0.190. The van der Waals surface area contributed by atoms with Crippen LogP contribution in [0.1, 0.15) is 64.7 Å². The Labute approximate surface area is 129 Å². The van der Waals surface area contributed by atoms with Gasteiger partial charge in [-0.15, -0.1) is 0 Å². The summed E-state index contributed by atoms with van der Waals surface area (Å²) in [5.74, 6) is 0.233. The fourth-order valence-corrected chi connectivity index (χ4v) is 3.87. The molecule has 122 valence electrons. The summed E-state index contributed by atoms with van der Waals surface area (Å²) in [6.07, 6.45) is 12.1. The Hall–Kier alpha value is -0.610. The molecule has 0 aromatic rings. The highest BCUT2D eigenvalue weighted by Crippen LogP contribution is 2.27. The molecule has 0 unspecified atom stereocenters. The molecule has 21 heavy (non-hydrogen) atoms. The van der Waals surface area contributed by atoms with Gasteiger partial charge in [-0.1, -0.05) is 45.4 Å². The molecular formula is C17H32N2O2. The standard InChI is InChI=1S/C17H32N2O2/c1-2-19(13-17(20)21)16-11-15(12-16)18-10-9-14-7-5-3-4-6-8-14/h14-16,18H,2-13H2,1H3,(H,20,21). The van der Waals surface area contributed by atoms with Crippen LogP contribution in [0.3, 0.4) is 0 Å². The number of carboxylic acids is 1. The van der Waals surface area contributed by atoms with Crippen LogP contribution in [0.5, 0.6) is 0 Å². The number of hydrogen-bond acceptors (Lipinski definition) is 3. The molecule has 0 heterocycles. The number of carbonyl (C=O) groups is 1. The van der Waals surface area contributed by atoms with Crippen molar-refractivity contribution in [2.75, 3.05) is 19.6 Å². The molecule has 0 aromatic heterocycles. The Morgan fingerprint density at radius 3 is 2.43 bits per heavy atom. The summed E-state index contributed by atoms with van der Waals surface area (Å²) in [5, 5.41) is 12.6. The van der Waals surface area contributed by atoms with Gasteiger partial charge in [0.2, 0.25) is 0 Å². The molecule has 2 rings (SSSR count). The average Bonchev–Trinajstić information content (AvgIpc) is 2.67. The van der Waals surface area contributed by atoms with Crippen molar-refractivity contribution in [2.24, 2.45) is 5.92 Å². The van der Waals surface area contributed by atoms with E-state index in [4.69, 9.17) is 5.11 Å². The highest BCUT2D eigenvalue weighted by molar-refractivity contribution is 5.69. The van der Waals surface area contributed by atoms with Crippen molar-refractivity contribution in [1.82, 2.24) is 10.2 Å². The van der Waals surface area contributed by atoms with E-state index in [0.29, 0.717) is 12.1 Å². The number of nitrogens with zero attached hydrogens (tertiary/aromatic N) is 1. The summed E-state index contributed by atoms with van der Waals surface area (Å²) in [6.45, 7) is 4.23. The molecular weight excluding hydrogens is 264 g/mol. The molecule has 0 atom stereocenters. The Balaban J connectivity index is 1.56. The summed E-state index contributed by atoms with van der Waals surface area (Å²) in [4.78, 5) is 12.9. The van der Waals surface area contributed by atoms with E-state index < -0.39 is 5.97 Å². The smallest absolute Gasteiger partial charge is 0.317 e. The Bertz CT molecular complexity index is 308. The Morgan fingerprint density at radius 1 is 1.19 bits per heavy atom. The molecule has 0 bridgehead atoms. The minimum atomic E-state index is -0.707. The summed E-state index contributed by atoms with van der Waals surface area (Å²) >= 11 is 0. The summed E-state index contributed by atoms with van der Waals surface area (Å²) in [6, 6.07) is 1.09. The quantitative estimate of drug-likeness (QED) is 0.676. The molecule has 0 spiro atoms. The van der Waals surface area contributed by atoms with Gasteiger partial charge in [0.05, 0.1) is 6.54 Å². The SMILES string of the molecule is CCN(CC(=O)O)C1CC(NCCC2CCCCCC2)C1. The molecule has 0 aliphatic heterocycles. The number of carboxylic acid groups (broad SMARTS) is 1. The minimum Gasteiger partial charge on any atom is -0.480 e. The fraction of sp³-hybridized carbons (Fsp3) is 0.941. The van der Waals surface area contributed by atoms with Crippen molar-refractivity contribution in [3.8, 4) is 0 Å². The zero-order valence-electron chi connectivity index (χ0n) is 13.5. The third-order valence-electron chi connectivity index (χ3n) is 5.33. The number of aliphatic carboxylic acids is 1. The van der Waals surface area contributed by atoms with Crippen LogP contribution >= 0.6 is 0 Å². The van der Waals surface area contributed by atoms with Crippen molar-refractivity contribution in [2.45, 2.75) is 76.8 Å². The first kappa shape index (κ1) is 16.8. The molecule has 2 saturated carbocycles. The van der Waals surface area contributed by atoms with Crippen LogP contribution in [-0.2, 0) is 4.79 Å². The predicted octanol–water partition coefficient (Wildman–Crippen LogP) is 2.87. The molecule has 0 amide bonds. The number of likely N-dealkylation sites (N-methyl/N-ethyl adjacent to an activating group) is 1. The third-order valence-corrected chi connectivity index (χ3v) is 5.33. The van der Waals surface area contributed by atoms with E-state index in [1.54, 1.807) is 0 Å². The van der Waals surface area contributed by atoms with Gasteiger partial charge < -0.3 is 10.4 Å². The van der Waals surface area contributed by atoms with E-state index in [1.165, 1.54) is 44.9 Å². The molecule has 2 aliphatic carbocycles. The molecule has 0 aromatic carbocycles. The molecule has 2 aliphatic rings. The predicted molar refractivity (Wildman–Crippen MR) is 85.5 cm³/mol. The molecule has 2 N–H and O–H groups in total. The van der Waals surface area contributed by atoms with Crippen molar-refractivity contribution in [3.05, 3.63) is 0 Å². The average molecular weight is 296 g/mol. The van der Waals surface area contributed by atoms with E-state index >= 15 is 0 Å². The van der Waals surface area contributed by atoms with E-state index in [2.05, 4.69) is 17.1 Å². The zero-order valence-corrected chi connectivity index (χ0v) is 13.5. The van der Waals surface area contributed by atoms with Crippen LogP contribution in [0.4, 0.5) is 0 Å². The highest BCUT2D eigenvalue weighted by atomic mass is 16.4. The van der Waals surface area contributed by atoms with Gasteiger partial charge in [-0.25, -0.2) is 0 Å². The van der Waals surface area contributed by atoms with Gasteiger partial charge in [-0.2, -0.15) is 0 Å². The van der Waals surface area contributed by atoms with E-state index in [-0.39, 0.29) is 6.54 Å².